The van der Waals surface area contributed by atoms with Gasteiger partial charge in [-0.2, -0.15) is 8.42 Å². The Labute approximate surface area is 122 Å². The fraction of sp³-hybridized carbons (Fsp3) is 0.500. The van der Waals surface area contributed by atoms with Crippen LogP contribution in [0.25, 0.3) is 0 Å². The molecular formula is C12H14Cl2O4S. The van der Waals surface area contributed by atoms with E-state index in [9.17, 15) is 8.42 Å². The van der Waals surface area contributed by atoms with E-state index >= 15 is 0 Å². The van der Waals surface area contributed by atoms with E-state index in [-0.39, 0.29) is 12.5 Å². The first-order valence-corrected chi connectivity index (χ1v) is 8.26. The highest BCUT2D eigenvalue weighted by atomic mass is 35.5. The van der Waals surface area contributed by atoms with Crippen molar-refractivity contribution in [2.45, 2.75) is 12.5 Å². The van der Waals surface area contributed by atoms with E-state index in [4.69, 9.17) is 32.1 Å². The number of rotatable bonds is 5. The lowest BCUT2D eigenvalue weighted by atomic mass is 9.88. The minimum absolute atomic E-state index is 0.0534. The molecule has 106 valence electrons. The molecule has 0 unspecified atom stereocenters. The van der Waals surface area contributed by atoms with Gasteiger partial charge in [-0.3, -0.25) is 4.18 Å². The predicted molar refractivity (Wildman–Crippen MR) is 74.1 cm³/mol. The van der Waals surface area contributed by atoms with Crippen LogP contribution in [0.15, 0.2) is 18.2 Å². The zero-order valence-electron chi connectivity index (χ0n) is 10.5. The van der Waals surface area contributed by atoms with Gasteiger partial charge in [0, 0.05) is 21.5 Å². The number of benzene rings is 1. The lowest BCUT2D eigenvalue weighted by molar-refractivity contribution is 0.164. The minimum Gasteiger partial charge on any atom is -0.364 e. The van der Waals surface area contributed by atoms with Gasteiger partial charge < -0.3 is 4.74 Å². The molecule has 0 radical (unpaired) electrons. The van der Waals surface area contributed by atoms with Crippen LogP contribution in [0, 0.1) is 5.92 Å². The molecule has 4 nitrogen and oxygen atoms in total. The van der Waals surface area contributed by atoms with Gasteiger partial charge in [0.1, 0.15) is 5.60 Å². The van der Waals surface area contributed by atoms with Crippen LogP contribution in [-0.2, 0) is 24.6 Å². The molecule has 1 aromatic carbocycles. The van der Waals surface area contributed by atoms with Crippen molar-refractivity contribution in [1.82, 2.24) is 0 Å². The molecule has 1 heterocycles. The quantitative estimate of drug-likeness (QED) is 0.617. The normalized spacial score (nSPS) is 24.2. The van der Waals surface area contributed by atoms with Gasteiger partial charge in [0.05, 0.1) is 19.5 Å². The topological polar surface area (TPSA) is 55.9 Å². The summed E-state index contributed by atoms with van der Waals surface area (Å²) in [5.41, 5.74) is 0.231. The number of ether oxygens (including phenoxy) is 1. The van der Waals surface area contributed by atoms with E-state index in [1.54, 1.807) is 18.2 Å². The Balaban J connectivity index is 2.18. The van der Waals surface area contributed by atoms with E-state index in [0.717, 1.165) is 11.8 Å². The second-order valence-corrected chi connectivity index (χ2v) is 7.18. The first-order valence-electron chi connectivity index (χ1n) is 5.68. The Kier molecular flexibility index (Phi) is 4.14. The Morgan fingerprint density at radius 3 is 2.58 bits per heavy atom. The van der Waals surface area contributed by atoms with Gasteiger partial charge in [-0.15, -0.1) is 0 Å². The highest BCUT2D eigenvalue weighted by molar-refractivity contribution is 7.85. The number of halogens is 2. The molecule has 1 saturated heterocycles. The maximum atomic E-state index is 11.0. The summed E-state index contributed by atoms with van der Waals surface area (Å²) in [6.45, 7) is 2.41. The molecule has 1 fully saturated rings. The van der Waals surface area contributed by atoms with Crippen LogP contribution in [0.3, 0.4) is 0 Å². The van der Waals surface area contributed by atoms with Gasteiger partial charge in [0.25, 0.3) is 10.1 Å². The lowest BCUT2D eigenvalue weighted by Gasteiger charge is -2.21. The van der Waals surface area contributed by atoms with Crippen molar-refractivity contribution in [3.8, 4) is 0 Å². The molecule has 0 bridgehead atoms. The van der Waals surface area contributed by atoms with Crippen molar-refractivity contribution in [3.05, 3.63) is 33.8 Å². The monoisotopic (exact) mass is 324 g/mol. The van der Waals surface area contributed by atoms with Crippen LogP contribution in [0.2, 0.25) is 10.0 Å². The Morgan fingerprint density at radius 1 is 1.47 bits per heavy atom. The van der Waals surface area contributed by atoms with Crippen molar-refractivity contribution in [2.75, 3.05) is 19.5 Å². The second-order valence-electron chi connectivity index (χ2n) is 4.69. The Hall–Kier alpha value is -0.330. The lowest BCUT2D eigenvalue weighted by Crippen LogP contribution is -2.25. The predicted octanol–water partition coefficient (Wildman–Crippen LogP) is 2.83. The summed E-state index contributed by atoms with van der Waals surface area (Å²) < 4.78 is 32.4. The molecule has 1 aliphatic rings. The molecule has 0 aliphatic carbocycles. The van der Waals surface area contributed by atoms with Gasteiger partial charge in [0.15, 0.2) is 0 Å². The van der Waals surface area contributed by atoms with Crippen LogP contribution in [0.4, 0.5) is 0 Å². The highest BCUT2D eigenvalue weighted by Gasteiger charge is 2.52. The third kappa shape index (κ3) is 3.41. The fourth-order valence-electron chi connectivity index (χ4n) is 1.98. The van der Waals surface area contributed by atoms with Crippen LogP contribution >= 0.6 is 23.2 Å². The van der Waals surface area contributed by atoms with Crippen LogP contribution in [0.1, 0.15) is 12.5 Å². The maximum absolute atomic E-state index is 11.0. The van der Waals surface area contributed by atoms with Gasteiger partial charge in [-0.25, -0.2) is 0 Å². The first-order chi connectivity index (χ1) is 8.74. The van der Waals surface area contributed by atoms with Gasteiger partial charge in [0.2, 0.25) is 0 Å². The largest absolute Gasteiger partial charge is 0.364 e. The molecule has 1 aromatic rings. The van der Waals surface area contributed by atoms with Gasteiger partial charge in [-0.05, 0) is 12.1 Å². The maximum Gasteiger partial charge on any atom is 0.264 e. The molecular weight excluding hydrogens is 311 g/mol. The molecule has 2 rings (SSSR count). The summed E-state index contributed by atoms with van der Waals surface area (Å²) in [5.74, 6) is -0.138. The molecule has 0 amide bonds. The Bertz CT molecular complexity index is 581. The minimum atomic E-state index is -3.46. The van der Waals surface area contributed by atoms with Crippen molar-refractivity contribution >= 4 is 33.3 Å². The third-order valence-electron chi connectivity index (χ3n) is 3.17. The molecule has 1 aliphatic heterocycles. The SMILES string of the molecule is C[C@H](COS(C)(=O)=O)[C@@]1(c2ccc(Cl)cc2Cl)CO1. The van der Waals surface area contributed by atoms with Crippen molar-refractivity contribution in [3.63, 3.8) is 0 Å². The smallest absolute Gasteiger partial charge is 0.264 e. The Morgan fingerprint density at radius 2 is 2.11 bits per heavy atom. The number of hydrogen-bond donors (Lipinski definition) is 0. The summed E-state index contributed by atoms with van der Waals surface area (Å²) in [6, 6.07) is 5.18. The highest BCUT2D eigenvalue weighted by Crippen LogP contribution is 2.48. The molecule has 0 N–H and O–H groups in total. The fourth-order valence-corrected chi connectivity index (χ4v) is 3.00. The summed E-state index contributed by atoms with van der Waals surface area (Å²) in [7, 11) is -3.46. The van der Waals surface area contributed by atoms with Crippen molar-refractivity contribution < 1.29 is 17.3 Å². The number of epoxide rings is 1. The second kappa shape index (κ2) is 5.22. The molecule has 2 atom stereocenters. The summed E-state index contributed by atoms with van der Waals surface area (Å²) >= 11 is 12.0. The van der Waals surface area contributed by atoms with Crippen LogP contribution < -0.4 is 0 Å². The molecule has 0 saturated carbocycles. The van der Waals surface area contributed by atoms with Crippen molar-refractivity contribution in [2.24, 2.45) is 5.92 Å². The third-order valence-corrected chi connectivity index (χ3v) is 4.28. The molecule has 19 heavy (non-hydrogen) atoms. The summed E-state index contributed by atoms with van der Waals surface area (Å²) in [5, 5.41) is 1.06. The van der Waals surface area contributed by atoms with E-state index in [2.05, 4.69) is 0 Å². The zero-order valence-corrected chi connectivity index (χ0v) is 12.8. The van der Waals surface area contributed by atoms with Crippen molar-refractivity contribution in [1.29, 1.82) is 0 Å². The van der Waals surface area contributed by atoms with Crippen LogP contribution in [0.5, 0.6) is 0 Å². The zero-order chi connectivity index (χ0) is 14.3. The van der Waals surface area contributed by atoms with E-state index in [1.807, 2.05) is 6.92 Å². The van der Waals surface area contributed by atoms with E-state index in [1.165, 1.54) is 0 Å². The summed E-state index contributed by atoms with van der Waals surface area (Å²) in [6.07, 6.45) is 1.02. The molecule has 7 heteroatoms. The molecule has 0 aromatic heterocycles. The standard InChI is InChI=1S/C12H14Cl2O4S/c1-8(6-18-19(2,15)16)12(7-17-12)10-4-3-9(13)5-11(10)14/h3-5,8H,6-7H2,1-2H3/t8-,12-/m1/s1. The van der Waals surface area contributed by atoms with E-state index in [0.29, 0.717) is 16.7 Å². The average Bonchev–Trinajstić information content (AvgIpc) is 3.06. The first kappa shape index (κ1) is 15.1. The van der Waals surface area contributed by atoms with Gasteiger partial charge in [-0.1, -0.05) is 36.2 Å². The average molecular weight is 325 g/mol. The molecule has 0 spiro atoms. The van der Waals surface area contributed by atoms with Crippen LogP contribution in [-0.4, -0.2) is 27.9 Å². The van der Waals surface area contributed by atoms with E-state index < -0.39 is 15.7 Å². The number of hydrogen-bond acceptors (Lipinski definition) is 4. The van der Waals surface area contributed by atoms with Gasteiger partial charge >= 0.3 is 0 Å². The summed E-state index contributed by atoms with van der Waals surface area (Å²) in [4.78, 5) is 0.